The molecule has 0 aliphatic rings. The molecule has 0 N–H and O–H groups in total. The molecule has 0 spiro atoms. The third kappa shape index (κ3) is 4.36. The van der Waals surface area contributed by atoms with E-state index in [1.165, 1.54) is 24.3 Å². The zero-order valence-electron chi connectivity index (χ0n) is 10.7. The largest absolute Gasteiger partial charge is 0.573 e. The Morgan fingerprint density at radius 1 is 0.800 bits per heavy atom. The van der Waals surface area contributed by atoms with E-state index < -0.39 is 6.36 Å². The second-order valence-electron chi connectivity index (χ2n) is 4.19. The van der Waals surface area contributed by atoms with Crippen LogP contribution < -0.4 is 4.74 Å². The fraction of sp³-hybridized carbons (Fsp3) is 0.125. The third-order valence-corrected chi connectivity index (χ3v) is 2.49. The molecule has 2 aromatic rings. The zero-order chi connectivity index (χ0) is 14.6. The fourth-order valence-corrected chi connectivity index (χ4v) is 1.52. The molecule has 2 rings (SSSR count). The Morgan fingerprint density at radius 2 is 1.25 bits per heavy atom. The number of halogens is 3. The van der Waals surface area contributed by atoms with Gasteiger partial charge in [0.2, 0.25) is 0 Å². The third-order valence-electron chi connectivity index (χ3n) is 2.49. The van der Waals surface area contributed by atoms with Gasteiger partial charge >= 0.3 is 6.36 Å². The van der Waals surface area contributed by atoms with Crippen molar-refractivity contribution in [3.8, 4) is 17.6 Å². The zero-order valence-corrected chi connectivity index (χ0v) is 10.7. The molecule has 2 aromatic carbocycles. The van der Waals surface area contributed by atoms with Gasteiger partial charge < -0.3 is 4.74 Å². The van der Waals surface area contributed by atoms with E-state index in [0.717, 1.165) is 11.1 Å². The molecular formula is C16H11F3O. The first kappa shape index (κ1) is 14.0. The average Bonchev–Trinajstić information content (AvgIpc) is 2.38. The number of aryl methyl sites for hydroxylation is 1. The molecule has 102 valence electrons. The minimum atomic E-state index is -4.67. The van der Waals surface area contributed by atoms with Crippen LogP contribution in [0, 0.1) is 18.8 Å². The van der Waals surface area contributed by atoms with Crippen molar-refractivity contribution in [1.29, 1.82) is 0 Å². The highest BCUT2D eigenvalue weighted by Gasteiger charge is 2.30. The molecule has 4 heteroatoms. The van der Waals surface area contributed by atoms with Crippen molar-refractivity contribution in [3.63, 3.8) is 0 Å². The van der Waals surface area contributed by atoms with Crippen LogP contribution in [0.15, 0.2) is 48.5 Å². The highest BCUT2D eigenvalue weighted by Crippen LogP contribution is 2.22. The van der Waals surface area contributed by atoms with Crippen LogP contribution >= 0.6 is 0 Å². The van der Waals surface area contributed by atoms with E-state index >= 15 is 0 Å². The van der Waals surface area contributed by atoms with Gasteiger partial charge in [0.15, 0.2) is 0 Å². The summed E-state index contributed by atoms with van der Waals surface area (Å²) in [6.07, 6.45) is -4.67. The van der Waals surface area contributed by atoms with Crippen LogP contribution in [0.1, 0.15) is 16.7 Å². The molecule has 1 nitrogen and oxygen atoms in total. The van der Waals surface area contributed by atoms with E-state index in [2.05, 4.69) is 16.6 Å². The minimum absolute atomic E-state index is 0.251. The Bertz CT molecular complexity index is 629. The van der Waals surface area contributed by atoms with Crippen molar-refractivity contribution in [2.45, 2.75) is 13.3 Å². The SMILES string of the molecule is Cc1ccc(C#Cc2ccc(OC(F)(F)F)cc2)cc1. The van der Waals surface area contributed by atoms with Crippen molar-refractivity contribution >= 4 is 0 Å². The summed E-state index contributed by atoms with van der Waals surface area (Å²) in [4.78, 5) is 0. The standard InChI is InChI=1S/C16H11F3O/c1-12-2-4-13(5-3-12)6-7-14-8-10-15(11-9-14)20-16(17,18)19/h2-5,8-11H,1H3. The van der Waals surface area contributed by atoms with Gasteiger partial charge in [0.25, 0.3) is 0 Å². The van der Waals surface area contributed by atoms with Gasteiger partial charge in [-0.15, -0.1) is 13.2 Å². The summed E-state index contributed by atoms with van der Waals surface area (Å²) >= 11 is 0. The van der Waals surface area contributed by atoms with Crippen LogP contribution in [0.4, 0.5) is 13.2 Å². The lowest BCUT2D eigenvalue weighted by molar-refractivity contribution is -0.274. The first-order valence-corrected chi connectivity index (χ1v) is 5.87. The Hall–Kier alpha value is -2.41. The molecule has 0 atom stereocenters. The molecular weight excluding hydrogens is 265 g/mol. The lowest BCUT2D eigenvalue weighted by Gasteiger charge is -2.07. The number of ether oxygens (including phenoxy) is 1. The van der Waals surface area contributed by atoms with Gasteiger partial charge in [-0.1, -0.05) is 29.5 Å². The molecule has 0 aliphatic heterocycles. The summed E-state index contributed by atoms with van der Waals surface area (Å²) < 4.78 is 39.8. The summed E-state index contributed by atoms with van der Waals surface area (Å²) in [5.41, 5.74) is 2.62. The number of alkyl halides is 3. The molecule has 0 radical (unpaired) electrons. The van der Waals surface area contributed by atoms with Gasteiger partial charge in [0, 0.05) is 11.1 Å². The van der Waals surface area contributed by atoms with Crippen molar-refractivity contribution in [3.05, 3.63) is 65.2 Å². The quantitative estimate of drug-likeness (QED) is 0.706. The molecule has 0 saturated heterocycles. The first-order chi connectivity index (χ1) is 9.42. The molecule has 0 unspecified atom stereocenters. The van der Waals surface area contributed by atoms with Crippen molar-refractivity contribution in [1.82, 2.24) is 0 Å². The molecule has 0 heterocycles. The van der Waals surface area contributed by atoms with Crippen LogP contribution in [0.25, 0.3) is 0 Å². The van der Waals surface area contributed by atoms with Gasteiger partial charge in [-0.3, -0.25) is 0 Å². The fourth-order valence-electron chi connectivity index (χ4n) is 1.52. The average molecular weight is 276 g/mol. The maximum Gasteiger partial charge on any atom is 0.573 e. The molecule has 0 amide bonds. The topological polar surface area (TPSA) is 9.23 Å². The number of rotatable bonds is 1. The number of benzene rings is 2. The Labute approximate surface area is 115 Å². The van der Waals surface area contributed by atoms with Gasteiger partial charge in [-0.05, 0) is 43.3 Å². The van der Waals surface area contributed by atoms with E-state index in [0.29, 0.717) is 5.56 Å². The highest BCUT2D eigenvalue weighted by atomic mass is 19.4. The van der Waals surface area contributed by atoms with Crippen molar-refractivity contribution in [2.75, 3.05) is 0 Å². The van der Waals surface area contributed by atoms with E-state index in [1.54, 1.807) is 0 Å². The minimum Gasteiger partial charge on any atom is -0.406 e. The molecule has 0 bridgehead atoms. The smallest absolute Gasteiger partial charge is 0.406 e. The van der Waals surface area contributed by atoms with E-state index in [-0.39, 0.29) is 5.75 Å². The summed E-state index contributed by atoms with van der Waals surface area (Å²) in [6, 6.07) is 13.1. The Morgan fingerprint density at radius 3 is 1.70 bits per heavy atom. The van der Waals surface area contributed by atoms with E-state index in [1.807, 2.05) is 31.2 Å². The van der Waals surface area contributed by atoms with Gasteiger partial charge in [0.05, 0.1) is 0 Å². The van der Waals surface area contributed by atoms with Crippen LogP contribution in [-0.4, -0.2) is 6.36 Å². The van der Waals surface area contributed by atoms with E-state index in [4.69, 9.17) is 0 Å². The lowest BCUT2D eigenvalue weighted by atomic mass is 10.1. The second-order valence-corrected chi connectivity index (χ2v) is 4.19. The maximum absolute atomic E-state index is 12.0. The van der Waals surface area contributed by atoms with Gasteiger partial charge in [-0.25, -0.2) is 0 Å². The van der Waals surface area contributed by atoms with Crippen LogP contribution in [-0.2, 0) is 0 Å². The second kappa shape index (κ2) is 5.70. The summed E-state index contributed by atoms with van der Waals surface area (Å²) in [6.45, 7) is 1.98. The van der Waals surface area contributed by atoms with Crippen molar-refractivity contribution in [2.24, 2.45) is 0 Å². The predicted molar refractivity (Wildman–Crippen MR) is 70.3 cm³/mol. The van der Waals surface area contributed by atoms with Crippen LogP contribution in [0.5, 0.6) is 5.75 Å². The predicted octanol–water partition coefficient (Wildman–Crippen LogP) is 4.29. The van der Waals surface area contributed by atoms with Gasteiger partial charge in [-0.2, -0.15) is 0 Å². The van der Waals surface area contributed by atoms with Gasteiger partial charge in [0.1, 0.15) is 5.75 Å². The van der Waals surface area contributed by atoms with Crippen LogP contribution in [0.2, 0.25) is 0 Å². The normalized spacial score (nSPS) is 10.6. The monoisotopic (exact) mass is 276 g/mol. The van der Waals surface area contributed by atoms with Crippen LogP contribution in [0.3, 0.4) is 0 Å². The maximum atomic E-state index is 12.0. The summed E-state index contributed by atoms with van der Waals surface area (Å²) in [5, 5.41) is 0. The number of hydrogen-bond acceptors (Lipinski definition) is 1. The highest BCUT2D eigenvalue weighted by molar-refractivity contribution is 5.44. The molecule has 20 heavy (non-hydrogen) atoms. The molecule has 0 aliphatic carbocycles. The lowest BCUT2D eigenvalue weighted by Crippen LogP contribution is -2.16. The molecule has 0 saturated carbocycles. The number of hydrogen-bond donors (Lipinski definition) is 0. The summed E-state index contributed by atoms with van der Waals surface area (Å²) in [7, 11) is 0. The first-order valence-electron chi connectivity index (χ1n) is 5.87. The Kier molecular flexibility index (Phi) is 3.99. The molecule has 0 fully saturated rings. The summed E-state index contributed by atoms with van der Waals surface area (Å²) in [5.74, 6) is 5.57. The van der Waals surface area contributed by atoms with E-state index in [9.17, 15) is 13.2 Å². The molecule has 0 aromatic heterocycles. The Balaban J connectivity index is 2.10. The van der Waals surface area contributed by atoms with Crippen molar-refractivity contribution < 1.29 is 17.9 Å².